The first-order valence-electron chi connectivity index (χ1n) is 8.94. The van der Waals surface area contributed by atoms with Crippen LogP contribution >= 0.6 is 0 Å². The van der Waals surface area contributed by atoms with E-state index in [1.807, 2.05) is 31.7 Å². The van der Waals surface area contributed by atoms with Gasteiger partial charge in [0.2, 0.25) is 0 Å². The summed E-state index contributed by atoms with van der Waals surface area (Å²) >= 11 is 0. The molecule has 3 nitrogen and oxygen atoms in total. The van der Waals surface area contributed by atoms with Crippen molar-refractivity contribution in [2.24, 2.45) is 0 Å². The van der Waals surface area contributed by atoms with Crippen molar-refractivity contribution in [2.45, 2.75) is 71.8 Å². The average Bonchev–Trinajstić information content (AvgIpc) is 2.49. The maximum Gasteiger partial charge on any atom is 0.410 e. The number of amides is 1. The van der Waals surface area contributed by atoms with Crippen molar-refractivity contribution in [3.8, 4) is 0 Å². The average molecular weight is 319 g/mol. The van der Waals surface area contributed by atoms with Crippen molar-refractivity contribution < 1.29 is 9.53 Å². The molecular formula is C20H33NO2. The van der Waals surface area contributed by atoms with E-state index in [0.29, 0.717) is 0 Å². The number of unbranched alkanes of at least 4 members (excludes halogenated alkanes) is 3. The van der Waals surface area contributed by atoms with E-state index in [1.165, 1.54) is 24.8 Å². The second-order valence-corrected chi connectivity index (χ2v) is 7.12. The molecule has 1 amide bonds. The smallest absolute Gasteiger partial charge is 0.410 e. The molecule has 0 aliphatic heterocycles. The molecule has 23 heavy (non-hydrogen) atoms. The molecule has 0 aliphatic rings. The van der Waals surface area contributed by atoms with Crippen LogP contribution in [0.3, 0.4) is 0 Å². The van der Waals surface area contributed by atoms with E-state index >= 15 is 0 Å². The van der Waals surface area contributed by atoms with Crippen molar-refractivity contribution in [3.05, 3.63) is 35.9 Å². The van der Waals surface area contributed by atoms with Crippen LogP contribution in [0.5, 0.6) is 0 Å². The Morgan fingerprint density at radius 3 is 2.26 bits per heavy atom. The second kappa shape index (κ2) is 10.3. The first-order valence-corrected chi connectivity index (χ1v) is 8.94. The van der Waals surface area contributed by atoms with Crippen molar-refractivity contribution in [3.63, 3.8) is 0 Å². The summed E-state index contributed by atoms with van der Waals surface area (Å²) in [6, 6.07) is 10.4. The zero-order chi connectivity index (χ0) is 17.1. The Bertz CT molecular complexity index is 437. The zero-order valence-corrected chi connectivity index (χ0v) is 15.3. The SMILES string of the molecule is CCCCCCN(CCCc1ccccc1)C(=O)OC(C)(C)C. The minimum absolute atomic E-state index is 0.179. The fourth-order valence-electron chi connectivity index (χ4n) is 2.47. The topological polar surface area (TPSA) is 29.5 Å². The summed E-state index contributed by atoms with van der Waals surface area (Å²) in [5, 5.41) is 0. The number of carbonyl (C=O) groups is 1. The fourth-order valence-corrected chi connectivity index (χ4v) is 2.47. The monoisotopic (exact) mass is 319 g/mol. The highest BCUT2D eigenvalue weighted by molar-refractivity contribution is 5.68. The minimum atomic E-state index is -0.432. The Labute approximate surface area is 142 Å². The van der Waals surface area contributed by atoms with Gasteiger partial charge in [0, 0.05) is 13.1 Å². The number of hydrogen-bond donors (Lipinski definition) is 0. The van der Waals surface area contributed by atoms with Gasteiger partial charge >= 0.3 is 6.09 Å². The molecule has 130 valence electrons. The molecule has 1 aromatic carbocycles. The number of aryl methyl sites for hydroxylation is 1. The maximum atomic E-state index is 12.4. The van der Waals surface area contributed by atoms with Crippen LogP contribution in [0, 0.1) is 0 Å². The van der Waals surface area contributed by atoms with E-state index in [-0.39, 0.29) is 6.09 Å². The number of nitrogens with zero attached hydrogens (tertiary/aromatic N) is 1. The van der Waals surface area contributed by atoms with Crippen LogP contribution in [0.4, 0.5) is 4.79 Å². The second-order valence-electron chi connectivity index (χ2n) is 7.12. The quantitative estimate of drug-likeness (QED) is 0.567. The lowest BCUT2D eigenvalue weighted by Crippen LogP contribution is -2.38. The molecule has 0 saturated carbocycles. The number of ether oxygens (including phenoxy) is 1. The molecule has 0 fully saturated rings. The highest BCUT2D eigenvalue weighted by Crippen LogP contribution is 2.12. The molecule has 3 heteroatoms. The van der Waals surface area contributed by atoms with Gasteiger partial charge < -0.3 is 9.64 Å². The summed E-state index contributed by atoms with van der Waals surface area (Å²) in [6.45, 7) is 9.52. The summed E-state index contributed by atoms with van der Waals surface area (Å²) < 4.78 is 5.55. The number of hydrogen-bond acceptors (Lipinski definition) is 2. The third-order valence-corrected chi connectivity index (χ3v) is 3.67. The van der Waals surface area contributed by atoms with Crippen LogP contribution in [-0.4, -0.2) is 29.7 Å². The summed E-state index contributed by atoms with van der Waals surface area (Å²) in [5.74, 6) is 0. The molecule has 1 aromatic rings. The van der Waals surface area contributed by atoms with Gasteiger partial charge in [0.15, 0.2) is 0 Å². The Hall–Kier alpha value is -1.51. The molecule has 0 heterocycles. The lowest BCUT2D eigenvalue weighted by Gasteiger charge is -2.27. The molecule has 0 aliphatic carbocycles. The molecule has 0 N–H and O–H groups in total. The molecule has 1 rings (SSSR count). The normalized spacial score (nSPS) is 11.3. The van der Waals surface area contributed by atoms with Crippen LogP contribution in [0.1, 0.15) is 65.4 Å². The zero-order valence-electron chi connectivity index (χ0n) is 15.3. The molecule has 0 radical (unpaired) electrons. The number of rotatable bonds is 9. The van der Waals surface area contributed by atoms with Crippen molar-refractivity contribution in [2.75, 3.05) is 13.1 Å². The van der Waals surface area contributed by atoms with Crippen LogP contribution in [0.15, 0.2) is 30.3 Å². The van der Waals surface area contributed by atoms with Crippen LogP contribution in [0.2, 0.25) is 0 Å². The Morgan fingerprint density at radius 2 is 1.65 bits per heavy atom. The van der Waals surface area contributed by atoms with E-state index < -0.39 is 5.60 Å². The van der Waals surface area contributed by atoms with Gasteiger partial charge in [-0.3, -0.25) is 0 Å². The van der Waals surface area contributed by atoms with Crippen LogP contribution in [0.25, 0.3) is 0 Å². The standard InChI is InChI=1S/C20H33NO2/c1-5-6-7-11-16-21(19(22)23-20(2,3)4)17-12-15-18-13-9-8-10-14-18/h8-10,13-14H,5-7,11-12,15-17H2,1-4H3. The van der Waals surface area contributed by atoms with Gasteiger partial charge in [0.25, 0.3) is 0 Å². The largest absolute Gasteiger partial charge is 0.444 e. The van der Waals surface area contributed by atoms with E-state index in [9.17, 15) is 4.79 Å². The Balaban J connectivity index is 2.47. The summed E-state index contributed by atoms with van der Waals surface area (Å²) in [5.41, 5.74) is 0.890. The summed E-state index contributed by atoms with van der Waals surface area (Å²) in [7, 11) is 0. The van der Waals surface area contributed by atoms with Gasteiger partial charge in [-0.2, -0.15) is 0 Å². The molecule has 0 atom stereocenters. The van der Waals surface area contributed by atoms with E-state index in [0.717, 1.165) is 32.4 Å². The van der Waals surface area contributed by atoms with Crippen molar-refractivity contribution in [1.82, 2.24) is 4.90 Å². The predicted octanol–water partition coefficient (Wildman–Crippen LogP) is 5.44. The summed E-state index contributed by atoms with van der Waals surface area (Å²) in [4.78, 5) is 14.2. The molecule has 0 spiro atoms. The predicted molar refractivity (Wildman–Crippen MR) is 96.7 cm³/mol. The number of carbonyl (C=O) groups excluding carboxylic acids is 1. The van der Waals surface area contributed by atoms with Crippen LogP contribution in [-0.2, 0) is 11.2 Å². The highest BCUT2D eigenvalue weighted by atomic mass is 16.6. The van der Waals surface area contributed by atoms with Gasteiger partial charge in [0.05, 0.1) is 0 Å². The molecule has 0 saturated heterocycles. The third kappa shape index (κ3) is 9.27. The van der Waals surface area contributed by atoms with Gasteiger partial charge in [-0.1, -0.05) is 56.5 Å². The van der Waals surface area contributed by atoms with Gasteiger partial charge in [-0.15, -0.1) is 0 Å². The van der Waals surface area contributed by atoms with Gasteiger partial charge in [-0.05, 0) is 45.6 Å². The molecule has 0 aromatic heterocycles. The minimum Gasteiger partial charge on any atom is -0.444 e. The highest BCUT2D eigenvalue weighted by Gasteiger charge is 2.21. The van der Waals surface area contributed by atoms with Gasteiger partial charge in [0.1, 0.15) is 5.60 Å². The van der Waals surface area contributed by atoms with E-state index in [1.54, 1.807) is 0 Å². The lowest BCUT2D eigenvalue weighted by molar-refractivity contribution is 0.0244. The maximum absolute atomic E-state index is 12.4. The van der Waals surface area contributed by atoms with Crippen molar-refractivity contribution in [1.29, 1.82) is 0 Å². The van der Waals surface area contributed by atoms with E-state index in [4.69, 9.17) is 4.74 Å². The summed E-state index contributed by atoms with van der Waals surface area (Å²) in [6.07, 6.45) is 6.45. The van der Waals surface area contributed by atoms with Gasteiger partial charge in [-0.25, -0.2) is 4.79 Å². The molecular weight excluding hydrogens is 286 g/mol. The lowest BCUT2D eigenvalue weighted by atomic mass is 10.1. The first kappa shape index (κ1) is 19.5. The van der Waals surface area contributed by atoms with Crippen LogP contribution < -0.4 is 0 Å². The van der Waals surface area contributed by atoms with Crippen molar-refractivity contribution >= 4 is 6.09 Å². The van der Waals surface area contributed by atoms with E-state index in [2.05, 4.69) is 31.2 Å². The Kier molecular flexibility index (Phi) is 8.75. The molecule has 0 unspecified atom stereocenters. The first-order chi connectivity index (χ1) is 10.9. The Morgan fingerprint density at radius 1 is 1.00 bits per heavy atom. The third-order valence-electron chi connectivity index (χ3n) is 3.67. The number of benzene rings is 1. The molecule has 0 bridgehead atoms. The fraction of sp³-hybridized carbons (Fsp3) is 0.650.